The molecule has 0 fully saturated rings. The van der Waals surface area contributed by atoms with E-state index < -0.39 is 12.1 Å². The minimum Gasteiger partial charge on any atom is -0.479 e. The molecule has 1 aliphatic heterocycles. The normalized spacial score (nSPS) is 16.4. The zero-order valence-corrected chi connectivity index (χ0v) is 15.3. The van der Waals surface area contributed by atoms with E-state index in [2.05, 4.69) is 11.9 Å². The zero-order valence-electron chi connectivity index (χ0n) is 14.4. The highest BCUT2D eigenvalue weighted by atomic mass is 32.1. The highest BCUT2D eigenvalue weighted by Gasteiger charge is 2.33. The number of fused-ring (bicyclic) bond motifs is 1. The maximum Gasteiger partial charge on any atom is 0.325 e. The molecule has 2 heterocycles. The standard InChI is InChI=1S/C18H20N2O4S/c1-4-5-16-19-13(10-25-16)12-6-7-15-14(8-12)20(9-17(21)23-3)18(22)11(2)24-15/h6-8,10-11H,4-5,9H2,1-3H3. The third-order valence-electron chi connectivity index (χ3n) is 3.99. The first-order valence-electron chi connectivity index (χ1n) is 8.17. The number of aryl methyl sites for hydroxylation is 1. The lowest BCUT2D eigenvalue weighted by Gasteiger charge is -2.32. The maximum absolute atomic E-state index is 12.5. The maximum atomic E-state index is 12.5. The Morgan fingerprint density at radius 3 is 2.96 bits per heavy atom. The van der Waals surface area contributed by atoms with Gasteiger partial charge in [0.25, 0.3) is 5.91 Å². The van der Waals surface area contributed by atoms with Crippen molar-refractivity contribution >= 4 is 28.9 Å². The molecule has 0 aliphatic carbocycles. The largest absolute Gasteiger partial charge is 0.479 e. The number of carbonyl (C=O) groups excluding carboxylic acids is 2. The number of amides is 1. The number of ether oxygens (including phenoxy) is 2. The number of anilines is 1. The van der Waals surface area contributed by atoms with Crippen molar-refractivity contribution in [1.29, 1.82) is 0 Å². The van der Waals surface area contributed by atoms with Gasteiger partial charge in [0.05, 0.1) is 23.5 Å². The summed E-state index contributed by atoms with van der Waals surface area (Å²) in [6, 6.07) is 5.58. The van der Waals surface area contributed by atoms with Gasteiger partial charge in [-0.3, -0.25) is 14.5 Å². The lowest BCUT2D eigenvalue weighted by atomic mass is 10.1. The van der Waals surface area contributed by atoms with Crippen LogP contribution in [0.3, 0.4) is 0 Å². The number of thiazole rings is 1. The Balaban J connectivity index is 1.98. The van der Waals surface area contributed by atoms with E-state index in [9.17, 15) is 9.59 Å². The van der Waals surface area contributed by atoms with Gasteiger partial charge in [0.2, 0.25) is 0 Å². The number of methoxy groups -OCH3 is 1. The molecule has 1 amide bonds. The summed E-state index contributed by atoms with van der Waals surface area (Å²) < 4.78 is 10.4. The number of rotatable bonds is 5. The Kier molecular flexibility index (Phi) is 5.03. The number of carbonyl (C=O) groups is 2. The first-order chi connectivity index (χ1) is 12.0. The molecule has 3 rings (SSSR count). The molecule has 2 aromatic rings. The van der Waals surface area contributed by atoms with Crippen molar-refractivity contribution in [1.82, 2.24) is 4.98 Å². The van der Waals surface area contributed by atoms with Crippen LogP contribution in [-0.2, 0) is 20.7 Å². The number of aromatic nitrogens is 1. The molecular formula is C18H20N2O4S. The minimum absolute atomic E-state index is 0.141. The summed E-state index contributed by atoms with van der Waals surface area (Å²) in [6.45, 7) is 3.65. The summed E-state index contributed by atoms with van der Waals surface area (Å²) in [4.78, 5) is 30.2. The van der Waals surface area contributed by atoms with Crippen LogP contribution in [0, 0.1) is 0 Å². The summed E-state index contributed by atoms with van der Waals surface area (Å²) in [7, 11) is 1.30. The average Bonchev–Trinajstić information content (AvgIpc) is 3.07. The predicted molar refractivity (Wildman–Crippen MR) is 96.0 cm³/mol. The van der Waals surface area contributed by atoms with E-state index in [0.29, 0.717) is 11.4 Å². The molecule has 1 atom stereocenters. The van der Waals surface area contributed by atoms with E-state index in [1.54, 1.807) is 18.3 Å². The number of esters is 1. The van der Waals surface area contributed by atoms with Crippen LogP contribution in [0.15, 0.2) is 23.6 Å². The average molecular weight is 360 g/mol. The van der Waals surface area contributed by atoms with Gasteiger partial charge < -0.3 is 9.47 Å². The lowest BCUT2D eigenvalue weighted by molar-refractivity contribution is -0.140. The Labute approximate surface area is 150 Å². The predicted octanol–water partition coefficient (Wildman–Crippen LogP) is 3.05. The van der Waals surface area contributed by atoms with Crippen molar-refractivity contribution in [2.24, 2.45) is 0 Å². The molecule has 0 bridgehead atoms. The number of hydrogen-bond acceptors (Lipinski definition) is 6. The first kappa shape index (κ1) is 17.4. The van der Waals surface area contributed by atoms with Crippen molar-refractivity contribution in [3.05, 3.63) is 28.6 Å². The molecule has 1 aliphatic rings. The summed E-state index contributed by atoms with van der Waals surface area (Å²) >= 11 is 1.63. The van der Waals surface area contributed by atoms with Crippen molar-refractivity contribution in [3.63, 3.8) is 0 Å². The molecule has 132 valence electrons. The fourth-order valence-corrected chi connectivity index (χ4v) is 3.60. The topological polar surface area (TPSA) is 68.7 Å². The Hall–Kier alpha value is -2.41. The van der Waals surface area contributed by atoms with Crippen LogP contribution in [0.1, 0.15) is 25.3 Å². The van der Waals surface area contributed by atoms with Gasteiger partial charge in [-0.05, 0) is 38.0 Å². The van der Waals surface area contributed by atoms with E-state index in [0.717, 1.165) is 29.1 Å². The molecule has 1 unspecified atom stereocenters. The second-order valence-corrected chi connectivity index (χ2v) is 6.76. The summed E-state index contributed by atoms with van der Waals surface area (Å²) in [5.41, 5.74) is 2.31. The monoisotopic (exact) mass is 360 g/mol. The third-order valence-corrected chi connectivity index (χ3v) is 4.90. The Morgan fingerprint density at radius 1 is 1.44 bits per heavy atom. The molecule has 1 aromatic carbocycles. The van der Waals surface area contributed by atoms with E-state index in [4.69, 9.17) is 9.47 Å². The summed E-state index contributed by atoms with van der Waals surface area (Å²) in [5.74, 6) is -0.165. The van der Waals surface area contributed by atoms with Crippen LogP contribution >= 0.6 is 11.3 Å². The van der Waals surface area contributed by atoms with Crippen LogP contribution in [-0.4, -0.2) is 36.6 Å². The molecule has 25 heavy (non-hydrogen) atoms. The summed E-state index contributed by atoms with van der Waals surface area (Å²) in [5, 5.41) is 3.09. The molecule has 6 nitrogen and oxygen atoms in total. The zero-order chi connectivity index (χ0) is 18.0. The highest BCUT2D eigenvalue weighted by Crippen LogP contribution is 2.37. The third kappa shape index (κ3) is 3.51. The number of hydrogen-bond donors (Lipinski definition) is 0. The van der Waals surface area contributed by atoms with E-state index in [1.807, 2.05) is 23.6 Å². The fraction of sp³-hybridized carbons (Fsp3) is 0.389. The Bertz CT molecular complexity index is 802. The van der Waals surface area contributed by atoms with Crippen LogP contribution in [0.2, 0.25) is 0 Å². The molecule has 0 radical (unpaired) electrons. The highest BCUT2D eigenvalue weighted by molar-refractivity contribution is 7.09. The molecular weight excluding hydrogens is 340 g/mol. The van der Waals surface area contributed by atoms with E-state index in [1.165, 1.54) is 12.0 Å². The Morgan fingerprint density at radius 2 is 2.24 bits per heavy atom. The van der Waals surface area contributed by atoms with Crippen LogP contribution in [0.25, 0.3) is 11.3 Å². The number of benzene rings is 1. The number of nitrogens with zero attached hydrogens (tertiary/aromatic N) is 2. The van der Waals surface area contributed by atoms with Crippen molar-refractivity contribution in [2.75, 3.05) is 18.6 Å². The second kappa shape index (κ2) is 7.23. The van der Waals surface area contributed by atoms with Crippen molar-refractivity contribution in [3.8, 4) is 17.0 Å². The fourth-order valence-electron chi connectivity index (χ4n) is 2.70. The first-order valence-corrected chi connectivity index (χ1v) is 9.05. The van der Waals surface area contributed by atoms with Gasteiger partial charge in [-0.1, -0.05) is 6.92 Å². The minimum atomic E-state index is -0.640. The van der Waals surface area contributed by atoms with Gasteiger partial charge in [0.15, 0.2) is 6.10 Å². The quantitative estimate of drug-likeness (QED) is 0.767. The summed E-state index contributed by atoms with van der Waals surface area (Å²) in [6.07, 6.45) is 1.35. The van der Waals surface area contributed by atoms with Gasteiger partial charge in [0.1, 0.15) is 12.3 Å². The van der Waals surface area contributed by atoms with Gasteiger partial charge in [0, 0.05) is 10.9 Å². The van der Waals surface area contributed by atoms with Crippen LogP contribution in [0.5, 0.6) is 5.75 Å². The molecule has 0 saturated heterocycles. The molecule has 7 heteroatoms. The lowest BCUT2D eigenvalue weighted by Crippen LogP contribution is -2.46. The van der Waals surface area contributed by atoms with Gasteiger partial charge >= 0.3 is 5.97 Å². The van der Waals surface area contributed by atoms with Gasteiger partial charge in [-0.15, -0.1) is 11.3 Å². The van der Waals surface area contributed by atoms with Gasteiger partial charge in [-0.2, -0.15) is 0 Å². The molecule has 0 saturated carbocycles. The molecule has 0 N–H and O–H groups in total. The smallest absolute Gasteiger partial charge is 0.325 e. The van der Waals surface area contributed by atoms with Crippen molar-refractivity contribution in [2.45, 2.75) is 32.8 Å². The SMILES string of the molecule is CCCc1nc(-c2ccc3c(c2)N(CC(=O)OC)C(=O)C(C)O3)cs1. The molecule has 0 spiro atoms. The van der Waals surface area contributed by atoms with Gasteiger partial charge in [-0.25, -0.2) is 4.98 Å². The van der Waals surface area contributed by atoms with Crippen LogP contribution < -0.4 is 9.64 Å². The van der Waals surface area contributed by atoms with Crippen molar-refractivity contribution < 1.29 is 19.1 Å². The van der Waals surface area contributed by atoms with Crippen LogP contribution in [0.4, 0.5) is 5.69 Å². The molecule has 1 aromatic heterocycles. The van der Waals surface area contributed by atoms with E-state index >= 15 is 0 Å². The van der Waals surface area contributed by atoms with E-state index in [-0.39, 0.29) is 12.5 Å². The second-order valence-electron chi connectivity index (χ2n) is 5.82.